The predicted octanol–water partition coefficient (Wildman–Crippen LogP) is 7.89. The van der Waals surface area contributed by atoms with E-state index in [0.717, 1.165) is 45.4 Å². The van der Waals surface area contributed by atoms with E-state index in [1.807, 2.05) is 67.6 Å². The van der Waals surface area contributed by atoms with Gasteiger partial charge in [0.2, 0.25) is 0 Å². The molecular formula is C38H30O4. The van der Waals surface area contributed by atoms with Crippen LogP contribution < -0.4 is 9.47 Å². The molecule has 0 unspecified atom stereocenters. The van der Waals surface area contributed by atoms with E-state index in [1.165, 1.54) is 0 Å². The molecule has 4 aromatic rings. The highest BCUT2D eigenvalue weighted by atomic mass is 16.5. The molecule has 0 saturated carbocycles. The summed E-state index contributed by atoms with van der Waals surface area (Å²) in [6.45, 7) is 7.49. The molecule has 0 heterocycles. The van der Waals surface area contributed by atoms with Gasteiger partial charge in [-0.3, -0.25) is 0 Å². The summed E-state index contributed by atoms with van der Waals surface area (Å²) in [5.41, 5.74) is 6.82. The Bertz CT molecular complexity index is 1710. The first-order chi connectivity index (χ1) is 20.5. The van der Waals surface area contributed by atoms with E-state index in [9.17, 15) is 9.59 Å². The van der Waals surface area contributed by atoms with Crippen molar-refractivity contribution >= 4 is 23.1 Å². The molecule has 0 aliphatic heterocycles. The summed E-state index contributed by atoms with van der Waals surface area (Å²) in [6, 6.07) is 35.0. The molecule has 4 aromatic carbocycles. The molecule has 0 aromatic heterocycles. The fourth-order valence-corrected chi connectivity index (χ4v) is 4.23. The standard InChI is InChI=1S/C38H30O4/c1-4-13-35(39)41-33-24-20-31(21-25-33)37(29-15-8-6-9-16-29)38(30-17-10-7-11-18-30)32-22-26-34(27-23-32)42-36(40)19-12-14-28(3)5-2/h6-11,15-18,20-27H,3,5,14H2,1-2H3/b38-37+. The van der Waals surface area contributed by atoms with Crippen LogP contribution in [0.2, 0.25) is 0 Å². The molecule has 0 radical (unpaired) electrons. The minimum atomic E-state index is -0.610. The lowest BCUT2D eigenvalue weighted by atomic mass is 9.86. The van der Waals surface area contributed by atoms with Gasteiger partial charge in [0.15, 0.2) is 0 Å². The largest absolute Gasteiger partial charge is 0.417 e. The monoisotopic (exact) mass is 550 g/mol. The van der Waals surface area contributed by atoms with Crippen molar-refractivity contribution in [2.45, 2.75) is 26.7 Å². The Morgan fingerprint density at radius 2 is 1.02 bits per heavy atom. The molecule has 0 amide bonds. The van der Waals surface area contributed by atoms with Crippen molar-refractivity contribution in [2.75, 3.05) is 0 Å². The maximum absolute atomic E-state index is 12.3. The first kappa shape index (κ1) is 29.4. The Kier molecular flexibility index (Phi) is 10.3. The number of allylic oxidation sites excluding steroid dienone is 1. The Hall–Kier alpha value is -5.58. The number of carbonyl (C=O) groups excluding carboxylic acids is 2. The summed E-state index contributed by atoms with van der Waals surface area (Å²) >= 11 is 0. The molecule has 0 saturated heterocycles. The second-order valence-corrected chi connectivity index (χ2v) is 9.27. The van der Waals surface area contributed by atoms with Gasteiger partial charge in [-0.1, -0.05) is 116 Å². The van der Waals surface area contributed by atoms with Crippen LogP contribution in [0.15, 0.2) is 121 Å². The molecule has 0 bridgehead atoms. The van der Waals surface area contributed by atoms with Crippen LogP contribution in [0.1, 0.15) is 48.9 Å². The highest BCUT2D eigenvalue weighted by Gasteiger charge is 2.17. The molecular weight excluding hydrogens is 520 g/mol. The van der Waals surface area contributed by atoms with Crippen molar-refractivity contribution < 1.29 is 19.1 Å². The van der Waals surface area contributed by atoms with Crippen LogP contribution in [0.4, 0.5) is 0 Å². The predicted molar refractivity (Wildman–Crippen MR) is 167 cm³/mol. The van der Waals surface area contributed by atoms with Gasteiger partial charge in [0, 0.05) is 18.3 Å². The van der Waals surface area contributed by atoms with E-state index in [-0.39, 0.29) is 0 Å². The van der Waals surface area contributed by atoms with Crippen molar-refractivity contribution in [3.8, 4) is 35.2 Å². The van der Waals surface area contributed by atoms with Crippen LogP contribution >= 0.6 is 0 Å². The van der Waals surface area contributed by atoms with Crippen molar-refractivity contribution in [1.82, 2.24) is 0 Å². The number of rotatable bonds is 8. The fraction of sp³-hybridized carbons (Fsp3) is 0.105. The molecule has 4 nitrogen and oxygen atoms in total. The molecule has 42 heavy (non-hydrogen) atoms. The summed E-state index contributed by atoms with van der Waals surface area (Å²) in [5.74, 6) is 9.88. The number of carbonyl (C=O) groups is 2. The average Bonchev–Trinajstić information content (AvgIpc) is 3.02. The summed E-state index contributed by atoms with van der Waals surface area (Å²) < 4.78 is 10.8. The maximum Gasteiger partial charge on any atom is 0.389 e. The summed E-state index contributed by atoms with van der Waals surface area (Å²) in [6.07, 6.45) is 1.29. The van der Waals surface area contributed by atoms with Gasteiger partial charge in [0.1, 0.15) is 11.5 Å². The Morgan fingerprint density at radius 3 is 1.43 bits per heavy atom. The first-order valence-electron chi connectivity index (χ1n) is 13.6. The second kappa shape index (κ2) is 14.7. The van der Waals surface area contributed by atoms with Crippen LogP contribution in [-0.2, 0) is 9.59 Å². The summed E-state index contributed by atoms with van der Waals surface area (Å²) in [5, 5.41) is 0. The average molecular weight is 551 g/mol. The zero-order valence-electron chi connectivity index (χ0n) is 23.6. The summed E-state index contributed by atoms with van der Waals surface area (Å²) in [7, 11) is 0. The van der Waals surface area contributed by atoms with Gasteiger partial charge in [-0.2, -0.15) is 0 Å². The molecule has 0 fully saturated rings. The maximum atomic E-state index is 12.3. The van der Waals surface area contributed by atoms with E-state index in [1.54, 1.807) is 31.2 Å². The first-order valence-corrected chi connectivity index (χ1v) is 13.6. The smallest absolute Gasteiger partial charge is 0.389 e. The van der Waals surface area contributed by atoms with Crippen LogP contribution in [0.3, 0.4) is 0 Å². The Morgan fingerprint density at radius 1 is 0.619 bits per heavy atom. The molecule has 206 valence electrons. The minimum absolute atomic E-state index is 0.405. The molecule has 0 atom stereocenters. The van der Waals surface area contributed by atoms with Crippen LogP contribution in [0.5, 0.6) is 11.5 Å². The molecule has 4 rings (SSSR count). The van der Waals surface area contributed by atoms with Gasteiger partial charge in [0.05, 0.1) is 0 Å². The van der Waals surface area contributed by atoms with Gasteiger partial charge in [-0.25, -0.2) is 9.59 Å². The van der Waals surface area contributed by atoms with E-state index < -0.39 is 11.9 Å². The summed E-state index contributed by atoms with van der Waals surface area (Å²) in [4.78, 5) is 24.1. The number of ether oxygens (including phenoxy) is 2. The van der Waals surface area contributed by atoms with Crippen molar-refractivity contribution in [2.24, 2.45) is 0 Å². The SMILES string of the molecule is C=C(CC)CC#CC(=O)Oc1ccc(/C(=C(\c2ccccc2)c2ccc(OC(=O)C#CC)cc2)c2ccccc2)cc1. The van der Waals surface area contributed by atoms with E-state index in [0.29, 0.717) is 17.9 Å². The third-order valence-electron chi connectivity index (χ3n) is 6.34. The van der Waals surface area contributed by atoms with Crippen LogP contribution in [-0.4, -0.2) is 11.9 Å². The van der Waals surface area contributed by atoms with Crippen molar-refractivity contribution in [1.29, 1.82) is 0 Å². The minimum Gasteiger partial charge on any atom is -0.417 e. The highest BCUT2D eigenvalue weighted by Crippen LogP contribution is 2.37. The number of benzene rings is 4. The second-order valence-electron chi connectivity index (χ2n) is 9.27. The van der Waals surface area contributed by atoms with Gasteiger partial charge in [-0.05, 0) is 71.0 Å². The molecule has 0 aliphatic carbocycles. The molecule has 4 heteroatoms. The van der Waals surface area contributed by atoms with E-state index in [4.69, 9.17) is 9.47 Å². The van der Waals surface area contributed by atoms with E-state index in [2.05, 4.69) is 54.5 Å². The third kappa shape index (κ3) is 7.98. The van der Waals surface area contributed by atoms with E-state index >= 15 is 0 Å². The quantitative estimate of drug-likeness (QED) is 0.0559. The van der Waals surface area contributed by atoms with Gasteiger partial charge in [-0.15, -0.1) is 0 Å². The lowest BCUT2D eigenvalue weighted by molar-refractivity contribution is -0.128. The zero-order chi connectivity index (χ0) is 29.7. The molecule has 0 spiro atoms. The Balaban J connectivity index is 1.77. The number of esters is 2. The lowest BCUT2D eigenvalue weighted by Gasteiger charge is -2.18. The number of hydrogen-bond acceptors (Lipinski definition) is 4. The lowest BCUT2D eigenvalue weighted by Crippen LogP contribution is -2.05. The van der Waals surface area contributed by atoms with Gasteiger partial charge < -0.3 is 9.47 Å². The molecule has 0 N–H and O–H groups in total. The zero-order valence-corrected chi connectivity index (χ0v) is 23.6. The third-order valence-corrected chi connectivity index (χ3v) is 6.34. The highest BCUT2D eigenvalue weighted by molar-refractivity contribution is 6.04. The fourth-order valence-electron chi connectivity index (χ4n) is 4.23. The topological polar surface area (TPSA) is 52.6 Å². The van der Waals surface area contributed by atoms with Gasteiger partial charge >= 0.3 is 11.9 Å². The normalized spacial score (nSPS) is 10.6. The Labute approximate surface area is 247 Å². The molecule has 0 aliphatic rings. The number of hydrogen-bond donors (Lipinski definition) is 0. The van der Waals surface area contributed by atoms with Crippen molar-refractivity contribution in [3.63, 3.8) is 0 Å². The van der Waals surface area contributed by atoms with Crippen LogP contribution in [0.25, 0.3) is 11.1 Å². The van der Waals surface area contributed by atoms with Gasteiger partial charge in [0.25, 0.3) is 0 Å². The van der Waals surface area contributed by atoms with Crippen molar-refractivity contribution in [3.05, 3.63) is 144 Å². The van der Waals surface area contributed by atoms with Crippen LogP contribution in [0, 0.1) is 23.7 Å².